The summed E-state index contributed by atoms with van der Waals surface area (Å²) in [7, 11) is -2.83. The van der Waals surface area contributed by atoms with Gasteiger partial charge < -0.3 is 33.5 Å². The number of rotatable bonds is 7. The first-order chi connectivity index (χ1) is 22.7. The van der Waals surface area contributed by atoms with Crippen LogP contribution in [-0.4, -0.2) is 82.5 Å². The minimum atomic E-state index is -3.51. The second-order valence-electron chi connectivity index (χ2n) is 10.1. The quantitative estimate of drug-likeness (QED) is 0.219. The van der Waals surface area contributed by atoms with E-state index >= 15 is 0 Å². The van der Waals surface area contributed by atoms with Crippen LogP contribution in [0.4, 0.5) is 11.4 Å². The van der Waals surface area contributed by atoms with Gasteiger partial charge in [0.05, 0.1) is 36.2 Å². The molecule has 2 heterocycles. The zero-order chi connectivity index (χ0) is 33.6. The number of nitrogens with zero attached hydrogens (tertiary/aromatic N) is 2. The monoisotopic (exact) mass is 829 g/mol. The standard InChI is InChI=1S/C16H16BrNO3S.C10H12BBrNO3.C6H6O2S.Na/c17-13-10-14(18-6-8-21-9-7-18)12-16(11-13)22(19,20)15-4-2-1-3-5-15;12-8-5-9(7-10(6-8)16-11-14)13-1-3-15-4-2-13;7-9(8)6-4-2-1-3-5-6;/h1-5,10-12H,6-9H2;5-7,14H,1-4H2;1-5H,(H,7,8);/q;;;+1/p-1. The Balaban J connectivity index is 0.000000211. The van der Waals surface area contributed by atoms with Crippen LogP contribution in [-0.2, 0) is 30.4 Å². The molecule has 16 heteroatoms. The molecule has 0 saturated carbocycles. The van der Waals surface area contributed by atoms with E-state index in [1.165, 1.54) is 0 Å². The third-order valence-corrected chi connectivity index (χ3v) is 10.3. The van der Waals surface area contributed by atoms with E-state index in [1.807, 2.05) is 18.2 Å². The van der Waals surface area contributed by atoms with E-state index < -0.39 is 20.9 Å². The molecule has 0 bridgehead atoms. The third-order valence-electron chi connectivity index (χ3n) is 6.95. The Hall–Kier alpha value is -1.76. The van der Waals surface area contributed by atoms with Gasteiger partial charge in [-0.2, -0.15) is 0 Å². The van der Waals surface area contributed by atoms with Gasteiger partial charge in [0.25, 0.3) is 0 Å². The molecule has 0 amide bonds. The second-order valence-corrected chi connectivity index (χ2v) is 14.8. The summed E-state index contributed by atoms with van der Waals surface area (Å²) in [5.74, 6) is 0.610. The maximum Gasteiger partial charge on any atom is 1.00 e. The van der Waals surface area contributed by atoms with Crippen molar-refractivity contribution in [2.75, 3.05) is 62.4 Å². The van der Waals surface area contributed by atoms with Crippen molar-refractivity contribution in [2.24, 2.45) is 0 Å². The Bertz CT molecular complexity index is 1700. The number of sulfone groups is 1. The van der Waals surface area contributed by atoms with Crippen molar-refractivity contribution >= 4 is 71.8 Å². The van der Waals surface area contributed by atoms with E-state index in [1.54, 1.807) is 78.9 Å². The molecule has 2 fully saturated rings. The Kier molecular flexibility index (Phi) is 17.6. The summed E-state index contributed by atoms with van der Waals surface area (Å²) in [4.78, 5) is 5.30. The van der Waals surface area contributed by atoms with Crippen LogP contribution in [0.3, 0.4) is 0 Å². The largest absolute Gasteiger partial charge is 1.00 e. The summed E-state index contributed by atoms with van der Waals surface area (Å²) in [6.07, 6.45) is 0. The average Bonchev–Trinajstić information content (AvgIpc) is 3.10. The van der Waals surface area contributed by atoms with Gasteiger partial charge in [0.2, 0.25) is 9.84 Å². The zero-order valence-corrected chi connectivity index (χ0v) is 33.0. The molecule has 1 radical (unpaired) electrons. The van der Waals surface area contributed by atoms with E-state index in [-0.39, 0.29) is 29.6 Å². The SMILES string of the molecule is O=S(=O)(c1ccccc1)c1cc(Br)cc(N2CCOCC2)c1.O=S([O-])c1ccccc1.O[B]Oc1cc(Br)cc(N2CCOCC2)c1.[Na+]. The summed E-state index contributed by atoms with van der Waals surface area (Å²) in [6, 6.07) is 27.8. The fourth-order valence-corrected chi connectivity index (χ4v) is 7.47. The van der Waals surface area contributed by atoms with Gasteiger partial charge in [-0.15, -0.1) is 0 Å². The zero-order valence-electron chi connectivity index (χ0n) is 26.2. The maximum atomic E-state index is 12.8. The van der Waals surface area contributed by atoms with Crippen LogP contribution in [0.5, 0.6) is 5.75 Å². The Morgan fingerprint density at radius 1 is 0.729 bits per heavy atom. The van der Waals surface area contributed by atoms with E-state index in [0.717, 1.165) is 59.7 Å². The molecular formula is C32H33BBr2N2NaO8S2. The molecule has 2 aliphatic heterocycles. The number of benzene rings is 4. The van der Waals surface area contributed by atoms with Crippen molar-refractivity contribution in [2.45, 2.75) is 14.7 Å². The number of morpholine rings is 2. The van der Waals surface area contributed by atoms with Gasteiger partial charge in [-0.25, -0.2) is 8.42 Å². The normalized spacial score (nSPS) is 15.0. The Morgan fingerprint density at radius 3 is 1.69 bits per heavy atom. The van der Waals surface area contributed by atoms with Crippen molar-refractivity contribution in [1.29, 1.82) is 0 Å². The van der Waals surface area contributed by atoms with Gasteiger partial charge in [0.15, 0.2) is 0 Å². The molecule has 4 aromatic carbocycles. The summed E-state index contributed by atoms with van der Waals surface area (Å²) < 4.78 is 63.2. The van der Waals surface area contributed by atoms with E-state index in [2.05, 4.69) is 41.7 Å². The molecule has 1 unspecified atom stereocenters. The third kappa shape index (κ3) is 12.5. The molecular weight excluding hydrogens is 798 g/mol. The minimum Gasteiger partial charge on any atom is -0.768 e. The molecule has 0 aliphatic carbocycles. The van der Waals surface area contributed by atoms with Crippen LogP contribution in [0.25, 0.3) is 0 Å². The van der Waals surface area contributed by atoms with Crippen LogP contribution >= 0.6 is 31.9 Å². The summed E-state index contributed by atoms with van der Waals surface area (Å²) >= 11 is 4.76. The second kappa shape index (κ2) is 20.8. The predicted molar refractivity (Wildman–Crippen MR) is 188 cm³/mol. The van der Waals surface area contributed by atoms with Crippen molar-refractivity contribution in [3.05, 3.63) is 106 Å². The van der Waals surface area contributed by atoms with Gasteiger partial charge in [-0.1, -0.05) is 68.3 Å². The smallest absolute Gasteiger partial charge is 0.768 e. The van der Waals surface area contributed by atoms with E-state index in [0.29, 0.717) is 41.3 Å². The molecule has 48 heavy (non-hydrogen) atoms. The van der Waals surface area contributed by atoms with Crippen molar-refractivity contribution < 1.29 is 65.9 Å². The first-order valence-corrected chi connectivity index (χ1v) is 18.7. The number of anilines is 2. The van der Waals surface area contributed by atoms with Crippen molar-refractivity contribution in [3.63, 3.8) is 0 Å². The van der Waals surface area contributed by atoms with Crippen LogP contribution < -0.4 is 44.0 Å². The van der Waals surface area contributed by atoms with Crippen LogP contribution in [0.1, 0.15) is 0 Å². The molecule has 2 saturated heterocycles. The molecule has 0 spiro atoms. The summed E-state index contributed by atoms with van der Waals surface area (Å²) in [6.45, 7) is 6.09. The predicted octanol–water partition coefficient (Wildman–Crippen LogP) is 2.24. The fraction of sp³-hybridized carbons (Fsp3) is 0.250. The molecule has 4 aromatic rings. The van der Waals surface area contributed by atoms with Gasteiger partial charge in [0.1, 0.15) is 5.75 Å². The molecule has 2 aliphatic rings. The molecule has 249 valence electrons. The first-order valence-electron chi connectivity index (χ1n) is 14.5. The molecule has 0 aromatic heterocycles. The van der Waals surface area contributed by atoms with Gasteiger partial charge in [-0.3, -0.25) is 4.21 Å². The number of ether oxygens (including phenoxy) is 2. The van der Waals surface area contributed by atoms with Crippen LogP contribution in [0.2, 0.25) is 0 Å². The number of hydrogen-bond donors (Lipinski definition) is 1. The van der Waals surface area contributed by atoms with Gasteiger partial charge in [-0.05, 0) is 65.7 Å². The van der Waals surface area contributed by atoms with Gasteiger partial charge in [0, 0.05) is 57.5 Å². The number of hydrogen-bond acceptors (Lipinski definition) is 10. The maximum absolute atomic E-state index is 12.8. The van der Waals surface area contributed by atoms with E-state index in [9.17, 15) is 17.2 Å². The van der Waals surface area contributed by atoms with Crippen LogP contribution in [0.15, 0.2) is 121 Å². The molecule has 1 N–H and O–H groups in total. The Labute approximate surface area is 323 Å². The van der Waals surface area contributed by atoms with Crippen molar-refractivity contribution in [3.8, 4) is 5.75 Å². The molecule has 1 atom stereocenters. The summed E-state index contributed by atoms with van der Waals surface area (Å²) in [5.41, 5.74) is 1.96. The minimum absolute atomic E-state index is 0. The average molecular weight is 831 g/mol. The fourth-order valence-electron chi connectivity index (χ4n) is 4.66. The van der Waals surface area contributed by atoms with Crippen molar-refractivity contribution in [1.82, 2.24) is 0 Å². The first kappa shape index (κ1) is 40.7. The molecule has 10 nitrogen and oxygen atoms in total. The topological polar surface area (TPSA) is 129 Å². The number of halogens is 2. The Morgan fingerprint density at radius 2 is 1.21 bits per heavy atom. The van der Waals surface area contributed by atoms with Gasteiger partial charge >= 0.3 is 37.2 Å². The van der Waals surface area contributed by atoms with E-state index in [4.69, 9.17) is 19.2 Å². The summed E-state index contributed by atoms with van der Waals surface area (Å²) in [5, 5.41) is 8.62. The van der Waals surface area contributed by atoms with Crippen LogP contribution in [0, 0.1) is 0 Å². The molecule has 6 rings (SSSR count).